The second-order valence-electron chi connectivity index (χ2n) is 6.86. The van der Waals surface area contributed by atoms with Crippen molar-refractivity contribution in [2.24, 2.45) is 22.7 Å². The van der Waals surface area contributed by atoms with Crippen molar-refractivity contribution in [3.05, 3.63) is 11.6 Å². The van der Waals surface area contributed by atoms with Crippen LogP contribution >= 0.6 is 0 Å². The number of carboxylic acid groups (broad SMARTS) is 1. The predicted molar refractivity (Wildman–Crippen MR) is 68.7 cm³/mol. The second-order valence-corrected chi connectivity index (χ2v) is 6.86. The van der Waals surface area contributed by atoms with Crippen LogP contribution in [0, 0.1) is 22.7 Å². The molecule has 0 aromatic rings. The summed E-state index contributed by atoms with van der Waals surface area (Å²) in [6.45, 7) is 8.81. The quantitative estimate of drug-likeness (QED) is 0.702. The second kappa shape index (κ2) is 3.86. The van der Waals surface area contributed by atoms with Gasteiger partial charge in [-0.05, 0) is 42.9 Å². The smallest absolute Gasteiger partial charge is 0.311 e. The maximum absolute atomic E-state index is 11.6. The number of carboxylic acids is 1. The normalized spacial score (nSPS) is 40.4. The first-order valence-electron chi connectivity index (χ1n) is 6.68. The van der Waals surface area contributed by atoms with Crippen molar-refractivity contribution < 1.29 is 9.90 Å². The Morgan fingerprint density at radius 2 is 2.00 bits per heavy atom. The van der Waals surface area contributed by atoms with Crippen molar-refractivity contribution in [3.63, 3.8) is 0 Å². The third-order valence-electron chi connectivity index (χ3n) is 5.31. The van der Waals surface area contributed by atoms with E-state index >= 15 is 0 Å². The topological polar surface area (TPSA) is 37.3 Å². The number of hydrogen-bond acceptors (Lipinski definition) is 1. The molecule has 2 nitrogen and oxygen atoms in total. The molecule has 2 aliphatic carbocycles. The average molecular weight is 236 g/mol. The summed E-state index contributed by atoms with van der Waals surface area (Å²) in [6.07, 6.45) is 6.67. The molecule has 1 fully saturated rings. The van der Waals surface area contributed by atoms with Crippen LogP contribution in [0.3, 0.4) is 0 Å². The molecule has 1 saturated carbocycles. The van der Waals surface area contributed by atoms with Crippen LogP contribution < -0.4 is 0 Å². The molecule has 0 heterocycles. The van der Waals surface area contributed by atoms with Gasteiger partial charge in [-0.25, -0.2) is 0 Å². The van der Waals surface area contributed by atoms with Crippen molar-refractivity contribution in [2.45, 2.75) is 53.4 Å². The van der Waals surface area contributed by atoms with Gasteiger partial charge in [-0.15, -0.1) is 0 Å². The van der Waals surface area contributed by atoms with E-state index in [1.807, 2.05) is 6.92 Å². The van der Waals surface area contributed by atoms with E-state index in [4.69, 9.17) is 0 Å². The fraction of sp³-hybridized carbons (Fsp3) is 0.800. The van der Waals surface area contributed by atoms with Crippen LogP contribution in [0.1, 0.15) is 53.4 Å². The van der Waals surface area contributed by atoms with E-state index in [0.717, 1.165) is 24.8 Å². The molecule has 2 rings (SSSR count). The molecular formula is C15H24O2. The van der Waals surface area contributed by atoms with E-state index in [1.165, 1.54) is 6.42 Å². The minimum absolute atomic E-state index is 0.0492. The number of aliphatic carboxylic acids is 1. The molecule has 0 spiro atoms. The fourth-order valence-corrected chi connectivity index (χ4v) is 4.52. The molecule has 0 aromatic carbocycles. The molecule has 0 unspecified atom stereocenters. The first-order valence-corrected chi connectivity index (χ1v) is 6.68. The molecule has 3 atom stereocenters. The third kappa shape index (κ3) is 1.82. The van der Waals surface area contributed by atoms with E-state index in [2.05, 4.69) is 26.8 Å². The highest BCUT2D eigenvalue weighted by Crippen LogP contribution is 2.59. The number of carbonyl (C=O) groups is 1. The zero-order chi connectivity index (χ0) is 12.8. The van der Waals surface area contributed by atoms with Gasteiger partial charge < -0.3 is 5.11 Å². The van der Waals surface area contributed by atoms with Crippen LogP contribution in [-0.2, 0) is 4.79 Å². The van der Waals surface area contributed by atoms with Gasteiger partial charge in [0.2, 0.25) is 0 Å². The predicted octanol–water partition coefficient (Wildman–Crippen LogP) is 3.87. The van der Waals surface area contributed by atoms with Crippen LogP contribution in [0.25, 0.3) is 0 Å². The maximum Gasteiger partial charge on any atom is 0.311 e. The summed E-state index contributed by atoms with van der Waals surface area (Å²) in [6, 6.07) is 0. The number of allylic oxidation sites excluding steroid dienone is 1. The molecule has 0 radical (unpaired) electrons. The van der Waals surface area contributed by atoms with Crippen molar-refractivity contribution >= 4 is 5.97 Å². The maximum atomic E-state index is 11.6. The van der Waals surface area contributed by atoms with Gasteiger partial charge in [0.15, 0.2) is 0 Å². The van der Waals surface area contributed by atoms with Gasteiger partial charge in [0.05, 0.1) is 5.92 Å². The van der Waals surface area contributed by atoms with E-state index in [1.54, 1.807) is 0 Å². The van der Waals surface area contributed by atoms with Crippen LogP contribution in [-0.4, -0.2) is 11.1 Å². The van der Waals surface area contributed by atoms with Crippen LogP contribution in [0.2, 0.25) is 0 Å². The van der Waals surface area contributed by atoms with Gasteiger partial charge in [-0.3, -0.25) is 4.79 Å². The van der Waals surface area contributed by atoms with Crippen molar-refractivity contribution in [2.75, 3.05) is 0 Å². The Bertz CT molecular complexity index is 367. The van der Waals surface area contributed by atoms with Gasteiger partial charge in [-0.2, -0.15) is 0 Å². The lowest BCUT2D eigenvalue weighted by molar-refractivity contribution is -0.150. The van der Waals surface area contributed by atoms with E-state index in [9.17, 15) is 9.90 Å². The number of fused-ring (bicyclic) bond motifs is 1. The summed E-state index contributed by atoms with van der Waals surface area (Å²) in [5.74, 6) is -0.405. The number of hydrogen-bond donors (Lipinski definition) is 1. The number of rotatable bonds is 1. The summed E-state index contributed by atoms with van der Waals surface area (Å²) < 4.78 is 0. The lowest BCUT2D eigenvalue weighted by Crippen LogP contribution is -2.50. The zero-order valence-corrected chi connectivity index (χ0v) is 11.4. The standard InChI is InChI=1S/C15H24O2/c1-10-6-7-11-14(2,3)8-5-9-15(11,4)12(10)13(16)17/h6,11-12H,5,7-9H2,1-4H3,(H,16,17)/t11-,12-,15-/m0/s1. The van der Waals surface area contributed by atoms with Gasteiger partial charge in [0.1, 0.15) is 0 Å². The SMILES string of the molecule is CC1=CC[C@H]2C(C)(C)CCC[C@]2(C)[C@@H]1C(=O)O. The molecule has 2 heteroatoms. The highest BCUT2D eigenvalue weighted by Gasteiger charge is 2.54. The Kier molecular flexibility index (Phi) is 2.87. The third-order valence-corrected chi connectivity index (χ3v) is 5.31. The van der Waals surface area contributed by atoms with E-state index < -0.39 is 5.97 Å². The summed E-state index contributed by atoms with van der Waals surface area (Å²) in [7, 11) is 0. The molecule has 2 aliphatic rings. The van der Waals surface area contributed by atoms with Gasteiger partial charge in [0.25, 0.3) is 0 Å². The molecule has 96 valence electrons. The van der Waals surface area contributed by atoms with Crippen LogP contribution in [0.5, 0.6) is 0 Å². The summed E-state index contributed by atoms with van der Waals surface area (Å²) in [4.78, 5) is 11.6. The van der Waals surface area contributed by atoms with Crippen LogP contribution in [0.15, 0.2) is 11.6 Å². The Balaban J connectivity index is 2.46. The largest absolute Gasteiger partial charge is 0.481 e. The monoisotopic (exact) mass is 236 g/mol. The molecule has 0 bridgehead atoms. The highest BCUT2D eigenvalue weighted by molar-refractivity contribution is 5.75. The van der Waals surface area contributed by atoms with Gasteiger partial charge in [-0.1, -0.05) is 38.8 Å². The molecule has 0 amide bonds. The summed E-state index contributed by atoms with van der Waals surface area (Å²) in [5.41, 5.74) is 1.29. The molecule has 1 N–H and O–H groups in total. The van der Waals surface area contributed by atoms with Crippen molar-refractivity contribution in [1.29, 1.82) is 0 Å². The van der Waals surface area contributed by atoms with Crippen molar-refractivity contribution in [1.82, 2.24) is 0 Å². The molecule has 0 aromatic heterocycles. The molecule has 0 aliphatic heterocycles. The minimum Gasteiger partial charge on any atom is -0.481 e. The Labute approximate surface area is 104 Å². The summed E-state index contributed by atoms with van der Waals surface area (Å²) >= 11 is 0. The first-order chi connectivity index (χ1) is 7.79. The van der Waals surface area contributed by atoms with Gasteiger partial charge >= 0.3 is 5.97 Å². The molecular weight excluding hydrogens is 212 g/mol. The molecule has 0 saturated heterocycles. The fourth-order valence-electron chi connectivity index (χ4n) is 4.52. The Morgan fingerprint density at radius 3 is 2.59 bits per heavy atom. The first kappa shape index (κ1) is 12.7. The van der Waals surface area contributed by atoms with E-state index in [0.29, 0.717) is 5.92 Å². The lowest BCUT2D eigenvalue weighted by Gasteiger charge is -2.55. The van der Waals surface area contributed by atoms with Crippen molar-refractivity contribution in [3.8, 4) is 0 Å². The van der Waals surface area contributed by atoms with E-state index in [-0.39, 0.29) is 16.7 Å². The Hall–Kier alpha value is -0.790. The highest BCUT2D eigenvalue weighted by atomic mass is 16.4. The average Bonchev–Trinajstić information content (AvgIpc) is 2.14. The lowest BCUT2D eigenvalue weighted by atomic mass is 9.49. The zero-order valence-electron chi connectivity index (χ0n) is 11.4. The Morgan fingerprint density at radius 1 is 1.35 bits per heavy atom. The molecule has 17 heavy (non-hydrogen) atoms. The van der Waals surface area contributed by atoms with Crippen LogP contribution in [0.4, 0.5) is 0 Å². The van der Waals surface area contributed by atoms with Gasteiger partial charge in [0, 0.05) is 0 Å². The minimum atomic E-state index is -0.636. The summed E-state index contributed by atoms with van der Waals surface area (Å²) in [5, 5.41) is 9.54.